The molecule has 1 fully saturated rings. The maximum atomic E-state index is 12.3. The summed E-state index contributed by atoms with van der Waals surface area (Å²) in [5.41, 5.74) is 0. The molecule has 0 aromatic heterocycles. The predicted molar refractivity (Wildman–Crippen MR) is 49.7 cm³/mol. The lowest BCUT2D eigenvalue weighted by Gasteiger charge is -2.22. The van der Waals surface area contributed by atoms with Crippen molar-refractivity contribution >= 4 is 0 Å². The third kappa shape index (κ3) is 5.37. The zero-order chi connectivity index (χ0) is 11.1. The van der Waals surface area contributed by atoms with E-state index in [1.807, 2.05) is 0 Å². The fourth-order valence-corrected chi connectivity index (χ4v) is 1.68. The first-order valence-electron chi connectivity index (χ1n) is 5.33. The summed E-state index contributed by atoms with van der Waals surface area (Å²) in [6.07, 6.45) is 1.96. The van der Waals surface area contributed by atoms with E-state index in [4.69, 9.17) is 4.74 Å². The van der Waals surface area contributed by atoms with Crippen LogP contribution in [0, 0.1) is 0 Å². The van der Waals surface area contributed by atoms with Crippen LogP contribution in [0.5, 0.6) is 0 Å². The maximum absolute atomic E-state index is 12.3. The third-order valence-corrected chi connectivity index (χ3v) is 2.46. The molecular formula is C10H17F3O2. The van der Waals surface area contributed by atoms with Gasteiger partial charge < -0.3 is 9.47 Å². The van der Waals surface area contributed by atoms with E-state index in [1.165, 1.54) is 6.42 Å². The summed E-state index contributed by atoms with van der Waals surface area (Å²) in [7, 11) is 0. The lowest BCUT2D eigenvalue weighted by atomic mass is 9.98. The Balaban J connectivity index is 2.00. The molecule has 0 unspecified atom stereocenters. The Morgan fingerprint density at radius 2 is 1.73 bits per heavy atom. The van der Waals surface area contributed by atoms with E-state index < -0.39 is 12.8 Å². The van der Waals surface area contributed by atoms with E-state index in [-0.39, 0.29) is 19.3 Å². The lowest BCUT2D eigenvalue weighted by molar-refractivity contribution is -0.251. The van der Waals surface area contributed by atoms with Crippen LogP contribution >= 0.6 is 0 Å². The Kier molecular flexibility index (Phi) is 5.39. The van der Waals surface area contributed by atoms with E-state index in [0.29, 0.717) is 0 Å². The van der Waals surface area contributed by atoms with Crippen molar-refractivity contribution < 1.29 is 22.6 Å². The average molecular weight is 226 g/mol. The molecule has 0 N–H and O–H groups in total. The van der Waals surface area contributed by atoms with Crippen molar-refractivity contribution in [1.82, 2.24) is 0 Å². The van der Waals surface area contributed by atoms with Crippen LogP contribution in [0.25, 0.3) is 0 Å². The smallest absolute Gasteiger partial charge is 0.376 e. The van der Waals surface area contributed by atoms with Crippen LogP contribution < -0.4 is 0 Å². The van der Waals surface area contributed by atoms with Crippen molar-refractivity contribution in [3.8, 4) is 0 Å². The van der Waals surface area contributed by atoms with Gasteiger partial charge in [0.15, 0.2) is 6.67 Å². The highest BCUT2D eigenvalue weighted by Crippen LogP contribution is 2.20. The molecule has 1 saturated carbocycles. The van der Waals surface area contributed by atoms with Gasteiger partial charge in [-0.2, -0.15) is 8.78 Å². The van der Waals surface area contributed by atoms with Crippen LogP contribution in [-0.4, -0.2) is 32.1 Å². The molecule has 0 heterocycles. The summed E-state index contributed by atoms with van der Waals surface area (Å²) in [5.74, 6) is 0. The van der Waals surface area contributed by atoms with E-state index in [0.717, 1.165) is 25.7 Å². The SMILES string of the molecule is FCC(F)(F)OCCOC1CCCCC1. The van der Waals surface area contributed by atoms with Crippen LogP contribution in [-0.2, 0) is 9.47 Å². The summed E-state index contributed by atoms with van der Waals surface area (Å²) < 4.78 is 45.5. The van der Waals surface area contributed by atoms with Crippen molar-refractivity contribution in [2.75, 3.05) is 19.9 Å². The van der Waals surface area contributed by atoms with E-state index >= 15 is 0 Å². The minimum absolute atomic E-state index is 0.111. The van der Waals surface area contributed by atoms with Crippen LogP contribution in [0.2, 0.25) is 0 Å². The van der Waals surface area contributed by atoms with Gasteiger partial charge in [0, 0.05) is 0 Å². The zero-order valence-corrected chi connectivity index (χ0v) is 8.68. The molecule has 0 bridgehead atoms. The highest BCUT2D eigenvalue weighted by molar-refractivity contribution is 4.64. The minimum Gasteiger partial charge on any atom is -0.376 e. The van der Waals surface area contributed by atoms with Gasteiger partial charge in [0.1, 0.15) is 0 Å². The second-order valence-corrected chi connectivity index (χ2v) is 3.75. The molecule has 1 aliphatic rings. The number of alkyl halides is 3. The van der Waals surface area contributed by atoms with Gasteiger partial charge in [-0.05, 0) is 12.8 Å². The molecule has 0 aromatic carbocycles. The molecule has 0 aromatic rings. The Morgan fingerprint density at radius 1 is 1.07 bits per heavy atom. The maximum Gasteiger partial charge on any atom is 0.384 e. The van der Waals surface area contributed by atoms with Gasteiger partial charge in [0.05, 0.1) is 19.3 Å². The zero-order valence-electron chi connectivity index (χ0n) is 8.68. The van der Waals surface area contributed by atoms with Gasteiger partial charge in [0.2, 0.25) is 0 Å². The summed E-state index contributed by atoms with van der Waals surface area (Å²) in [5, 5.41) is 0. The van der Waals surface area contributed by atoms with Crippen molar-refractivity contribution in [3.63, 3.8) is 0 Å². The van der Waals surface area contributed by atoms with Crippen LogP contribution in [0.15, 0.2) is 0 Å². The Labute approximate surface area is 87.7 Å². The first-order chi connectivity index (χ1) is 7.14. The number of hydrogen-bond donors (Lipinski definition) is 0. The van der Waals surface area contributed by atoms with Crippen molar-refractivity contribution in [1.29, 1.82) is 0 Å². The van der Waals surface area contributed by atoms with Crippen LogP contribution in [0.3, 0.4) is 0 Å². The first-order valence-corrected chi connectivity index (χ1v) is 5.33. The standard InChI is InChI=1S/C10H17F3O2/c11-8-10(12,13)15-7-6-14-9-4-2-1-3-5-9/h9H,1-8H2. The molecule has 1 aliphatic carbocycles. The monoisotopic (exact) mass is 226 g/mol. The van der Waals surface area contributed by atoms with Crippen molar-refractivity contribution in [2.24, 2.45) is 0 Å². The third-order valence-electron chi connectivity index (χ3n) is 2.46. The highest BCUT2D eigenvalue weighted by atomic mass is 19.3. The minimum atomic E-state index is -3.66. The van der Waals surface area contributed by atoms with Gasteiger partial charge in [-0.3, -0.25) is 0 Å². The van der Waals surface area contributed by atoms with Gasteiger partial charge in [-0.15, -0.1) is 0 Å². The second-order valence-electron chi connectivity index (χ2n) is 3.75. The van der Waals surface area contributed by atoms with Gasteiger partial charge in [-0.25, -0.2) is 4.39 Å². The predicted octanol–water partition coefficient (Wildman–Crippen LogP) is 2.91. The van der Waals surface area contributed by atoms with Crippen LogP contribution in [0.1, 0.15) is 32.1 Å². The van der Waals surface area contributed by atoms with E-state index in [1.54, 1.807) is 0 Å². The van der Waals surface area contributed by atoms with Crippen molar-refractivity contribution in [3.05, 3.63) is 0 Å². The number of hydrogen-bond acceptors (Lipinski definition) is 2. The summed E-state index contributed by atoms with van der Waals surface area (Å²) in [4.78, 5) is 0. The number of halogens is 3. The van der Waals surface area contributed by atoms with E-state index in [9.17, 15) is 13.2 Å². The highest BCUT2D eigenvalue weighted by Gasteiger charge is 2.29. The second kappa shape index (κ2) is 6.33. The molecular weight excluding hydrogens is 209 g/mol. The molecule has 0 radical (unpaired) electrons. The van der Waals surface area contributed by atoms with Crippen LogP contribution in [0.4, 0.5) is 13.2 Å². The quantitative estimate of drug-likeness (QED) is 0.648. The number of rotatable bonds is 6. The molecule has 0 spiro atoms. The molecule has 1 rings (SSSR count). The fourth-order valence-electron chi connectivity index (χ4n) is 1.68. The molecule has 5 heteroatoms. The number of ether oxygens (including phenoxy) is 2. The molecule has 0 atom stereocenters. The fraction of sp³-hybridized carbons (Fsp3) is 1.00. The molecule has 15 heavy (non-hydrogen) atoms. The van der Waals surface area contributed by atoms with Crippen molar-refractivity contribution in [2.45, 2.75) is 44.3 Å². The van der Waals surface area contributed by atoms with E-state index in [2.05, 4.69) is 4.74 Å². The van der Waals surface area contributed by atoms with Gasteiger partial charge >= 0.3 is 6.11 Å². The molecule has 90 valence electrons. The summed E-state index contributed by atoms with van der Waals surface area (Å²) >= 11 is 0. The molecule has 2 nitrogen and oxygen atoms in total. The molecule has 0 saturated heterocycles. The Morgan fingerprint density at radius 3 is 2.33 bits per heavy atom. The first kappa shape index (κ1) is 12.8. The Bertz CT molecular complexity index is 170. The molecule has 0 amide bonds. The topological polar surface area (TPSA) is 18.5 Å². The summed E-state index contributed by atoms with van der Waals surface area (Å²) in [6.45, 7) is -1.93. The lowest BCUT2D eigenvalue weighted by Crippen LogP contribution is -2.27. The normalized spacial score (nSPS) is 19.4. The molecule has 0 aliphatic heterocycles. The van der Waals surface area contributed by atoms with Gasteiger partial charge in [-0.1, -0.05) is 19.3 Å². The largest absolute Gasteiger partial charge is 0.384 e. The summed E-state index contributed by atoms with van der Waals surface area (Å²) in [6, 6.07) is 0. The Hall–Kier alpha value is -0.290. The average Bonchev–Trinajstić information content (AvgIpc) is 2.26. The van der Waals surface area contributed by atoms with Gasteiger partial charge in [0.25, 0.3) is 0 Å².